The van der Waals surface area contributed by atoms with Gasteiger partial charge in [0, 0.05) is 18.1 Å². The lowest BCUT2D eigenvalue weighted by Crippen LogP contribution is -2.39. The molecule has 1 aliphatic heterocycles. The van der Waals surface area contributed by atoms with Crippen molar-refractivity contribution in [3.63, 3.8) is 0 Å². The molecule has 5 nitrogen and oxygen atoms in total. The Hall–Kier alpha value is -1.66. The van der Waals surface area contributed by atoms with E-state index in [0.29, 0.717) is 12.6 Å². The predicted octanol–water partition coefficient (Wildman–Crippen LogP) is 3.36. The van der Waals surface area contributed by atoms with Crippen molar-refractivity contribution in [1.29, 1.82) is 0 Å². The minimum Gasteiger partial charge on any atom is -0.365 e. The molecule has 1 atom stereocenters. The highest BCUT2D eigenvalue weighted by Crippen LogP contribution is 2.28. The normalized spacial score (nSPS) is 21.0. The van der Waals surface area contributed by atoms with Crippen molar-refractivity contribution < 1.29 is 9.53 Å². The first-order valence-electron chi connectivity index (χ1n) is 7.23. The molecule has 0 aliphatic carbocycles. The Morgan fingerprint density at radius 2 is 2.14 bits per heavy atom. The number of imidazole rings is 1. The second kappa shape index (κ2) is 5.85. The van der Waals surface area contributed by atoms with E-state index in [9.17, 15) is 4.79 Å². The lowest BCUT2D eigenvalue weighted by Gasteiger charge is -2.21. The monoisotopic (exact) mass is 363 g/mol. The maximum absolute atomic E-state index is 12.4. The molecule has 1 aromatic heterocycles. The summed E-state index contributed by atoms with van der Waals surface area (Å²) < 4.78 is 8.47. The number of hydrogen-bond donors (Lipinski definition) is 1. The molecule has 2 heterocycles. The van der Waals surface area contributed by atoms with E-state index in [1.54, 1.807) is 6.20 Å². The molecule has 1 aliphatic rings. The Morgan fingerprint density at radius 3 is 2.77 bits per heavy atom. The van der Waals surface area contributed by atoms with Gasteiger partial charge in [-0.2, -0.15) is 0 Å². The van der Waals surface area contributed by atoms with Crippen LogP contribution < -0.4 is 5.32 Å². The summed E-state index contributed by atoms with van der Waals surface area (Å²) >= 11 is 3.42. The van der Waals surface area contributed by atoms with E-state index in [-0.39, 0.29) is 5.91 Å². The van der Waals surface area contributed by atoms with Gasteiger partial charge in [0.2, 0.25) is 5.95 Å². The summed E-state index contributed by atoms with van der Waals surface area (Å²) in [5.74, 6) is 0.390. The Morgan fingerprint density at radius 1 is 1.41 bits per heavy atom. The molecule has 1 fully saturated rings. The van der Waals surface area contributed by atoms with Crippen LogP contribution in [0, 0.1) is 0 Å². The van der Waals surface area contributed by atoms with Crippen molar-refractivity contribution in [2.75, 3.05) is 11.9 Å². The summed E-state index contributed by atoms with van der Waals surface area (Å²) in [5, 5.41) is 2.87. The zero-order chi connectivity index (χ0) is 15.7. The van der Waals surface area contributed by atoms with Crippen molar-refractivity contribution in [3.05, 3.63) is 34.9 Å². The van der Waals surface area contributed by atoms with Gasteiger partial charge in [-0.3, -0.25) is 10.1 Å². The number of carbonyl (C=O) groups excluding carboxylic acids is 1. The first kappa shape index (κ1) is 15.2. The molecule has 3 rings (SSSR count). The topological polar surface area (TPSA) is 56.2 Å². The molecule has 22 heavy (non-hydrogen) atoms. The fourth-order valence-corrected chi connectivity index (χ4v) is 2.87. The molecule has 1 saturated heterocycles. The van der Waals surface area contributed by atoms with Crippen molar-refractivity contribution in [1.82, 2.24) is 9.55 Å². The van der Waals surface area contributed by atoms with E-state index < -0.39 is 5.60 Å². The molecule has 0 saturated carbocycles. The highest BCUT2D eigenvalue weighted by molar-refractivity contribution is 9.10. The third-order valence-electron chi connectivity index (χ3n) is 4.05. The number of ether oxygens (including phenoxy) is 1. The lowest BCUT2D eigenvalue weighted by atomic mass is 10.0. The fraction of sp³-hybridized carbons (Fsp3) is 0.375. The summed E-state index contributed by atoms with van der Waals surface area (Å²) in [6, 6.07) is 7.98. The molecule has 0 spiro atoms. The molecule has 0 radical (unpaired) electrons. The predicted molar refractivity (Wildman–Crippen MR) is 88.6 cm³/mol. The fourth-order valence-electron chi connectivity index (χ4n) is 2.61. The number of anilines is 1. The van der Waals surface area contributed by atoms with E-state index in [2.05, 4.69) is 26.2 Å². The van der Waals surface area contributed by atoms with Crippen LogP contribution in [-0.2, 0) is 16.6 Å². The lowest BCUT2D eigenvalue weighted by molar-refractivity contribution is -0.133. The molecule has 6 heteroatoms. The SMILES string of the molecule is Cn1c(-c2ccc(Br)cc2)cnc1NC(=O)[C@@]1(C)CCCO1. The third kappa shape index (κ3) is 2.80. The van der Waals surface area contributed by atoms with Crippen LogP contribution in [0.2, 0.25) is 0 Å². The Labute approximate surface area is 137 Å². The average molecular weight is 364 g/mol. The summed E-state index contributed by atoms with van der Waals surface area (Å²) in [6.45, 7) is 2.46. The van der Waals surface area contributed by atoms with E-state index >= 15 is 0 Å². The maximum atomic E-state index is 12.4. The highest BCUT2D eigenvalue weighted by Gasteiger charge is 2.38. The van der Waals surface area contributed by atoms with Gasteiger partial charge in [-0.15, -0.1) is 0 Å². The third-order valence-corrected chi connectivity index (χ3v) is 4.58. The number of nitrogens with one attached hydrogen (secondary N) is 1. The number of amides is 1. The molecular formula is C16H18BrN3O2. The maximum Gasteiger partial charge on any atom is 0.258 e. The molecule has 1 N–H and O–H groups in total. The van der Waals surface area contributed by atoms with Crippen molar-refractivity contribution >= 4 is 27.8 Å². The second-order valence-corrected chi connectivity index (χ2v) is 6.59. The minimum atomic E-state index is -0.746. The standard InChI is InChI=1S/C16H18BrN3O2/c1-16(8-3-9-22-16)14(21)19-15-18-10-13(20(15)2)11-4-6-12(17)7-5-11/h4-7,10H,3,8-9H2,1-2H3,(H,18,19,21)/t16-/m1/s1. The van der Waals surface area contributed by atoms with Gasteiger partial charge in [-0.1, -0.05) is 28.1 Å². The van der Waals surface area contributed by atoms with E-state index in [1.165, 1.54) is 0 Å². The first-order chi connectivity index (χ1) is 10.5. The van der Waals surface area contributed by atoms with Crippen LogP contribution in [0.1, 0.15) is 19.8 Å². The van der Waals surface area contributed by atoms with Gasteiger partial charge in [-0.05, 0) is 37.5 Å². The number of benzene rings is 1. The zero-order valence-electron chi connectivity index (χ0n) is 12.6. The van der Waals surface area contributed by atoms with Gasteiger partial charge in [0.15, 0.2) is 0 Å². The molecule has 0 bridgehead atoms. The molecule has 2 aromatic rings. The van der Waals surface area contributed by atoms with Crippen molar-refractivity contribution in [3.8, 4) is 11.3 Å². The molecule has 1 amide bonds. The largest absolute Gasteiger partial charge is 0.365 e. The van der Waals surface area contributed by atoms with Crippen LogP contribution in [-0.4, -0.2) is 27.7 Å². The van der Waals surface area contributed by atoms with E-state index in [4.69, 9.17) is 4.74 Å². The zero-order valence-corrected chi connectivity index (χ0v) is 14.2. The Balaban J connectivity index is 1.81. The van der Waals surface area contributed by atoms with Crippen LogP contribution in [0.5, 0.6) is 0 Å². The number of hydrogen-bond acceptors (Lipinski definition) is 3. The van der Waals surface area contributed by atoms with Crippen LogP contribution in [0.15, 0.2) is 34.9 Å². The summed E-state index contributed by atoms with van der Waals surface area (Å²) in [7, 11) is 1.89. The van der Waals surface area contributed by atoms with Crippen molar-refractivity contribution in [2.24, 2.45) is 7.05 Å². The van der Waals surface area contributed by atoms with Crippen LogP contribution in [0.25, 0.3) is 11.3 Å². The Bertz CT molecular complexity index is 688. The van der Waals surface area contributed by atoms with Gasteiger partial charge < -0.3 is 9.30 Å². The number of rotatable bonds is 3. The smallest absolute Gasteiger partial charge is 0.258 e. The summed E-state index contributed by atoms with van der Waals surface area (Å²) in [5.41, 5.74) is 1.24. The van der Waals surface area contributed by atoms with Gasteiger partial charge >= 0.3 is 0 Å². The van der Waals surface area contributed by atoms with Gasteiger partial charge in [0.25, 0.3) is 5.91 Å². The van der Waals surface area contributed by atoms with Crippen LogP contribution >= 0.6 is 15.9 Å². The van der Waals surface area contributed by atoms with Crippen LogP contribution in [0.4, 0.5) is 5.95 Å². The van der Waals surface area contributed by atoms with E-state index in [0.717, 1.165) is 28.6 Å². The van der Waals surface area contributed by atoms with Crippen LogP contribution in [0.3, 0.4) is 0 Å². The number of aromatic nitrogens is 2. The summed E-state index contributed by atoms with van der Waals surface area (Å²) in [4.78, 5) is 16.7. The Kier molecular flexibility index (Phi) is 4.06. The van der Waals surface area contributed by atoms with Gasteiger partial charge in [0.1, 0.15) is 5.60 Å². The number of halogens is 1. The van der Waals surface area contributed by atoms with Gasteiger partial charge in [0.05, 0.1) is 11.9 Å². The molecule has 0 unspecified atom stereocenters. The van der Waals surface area contributed by atoms with Gasteiger partial charge in [-0.25, -0.2) is 4.98 Å². The first-order valence-corrected chi connectivity index (χ1v) is 8.02. The highest BCUT2D eigenvalue weighted by atomic mass is 79.9. The molecule has 1 aromatic carbocycles. The van der Waals surface area contributed by atoms with E-state index in [1.807, 2.05) is 42.8 Å². The quantitative estimate of drug-likeness (QED) is 0.909. The minimum absolute atomic E-state index is 0.138. The average Bonchev–Trinajstić information content (AvgIpc) is 3.09. The number of carbonyl (C=O) groups is 1. The number of nitrogens with zero attached hydrogens (tertiary/aromatic N) is 2. The second-order valence-electron chi connectivity index (χ2n) is 5.67. The molecule has 116 valence electrons. The molecular weight excluding hydrogens is 346 g/mol. The van der Waals surface area contributed by atoms with Crippen molar-refractivity contribution in [2.45, 2.75) is 25.4 Å². The summed E-state index contributed by atoms with van der Waals surface area (Å²) in [6.07, 6.45) is 3.41.